The molecule has 0 unspecified atom stereocenters. The summed E-state index contributed by atoms with van der Waals surface area (Å²) < 4.78 is 41.8. The Hall–Kier alpha value is -2.62. The van der Waals surface area contributed by atoms with Crippen LogP contribution >= 0.6 is 0 Å². The van der Waals surface area contributed by atoms with Crippen molar-refractivity contribution in [3.05, 3.63) is 29.2 Å². The zero-order valence-electron chi connectivity index (χ0n) is 19.7. The fourth-order valence-corrected chi connectivity index (χ4v) is 5.11. The summed E-state index contributed by atoms with van der Waals surface area (Å²) in [6.45, 7) is 6.94. The Morgan fingerprint density at radius 1 is 1.21 bits per heavy atom. The Bertz CT molecular complexity index is 1080. The quantitative estimate of drug-likeness (QED) is 0.610. The average molecular weight is 477 g/mol. The van der Waals surface area contributed by atoms with Gasteiger partial charge in [-0.25, -0.2) is 9.97 Å². The van der Waals surface area contributed by atoms with Gasteiger partial charge in [0, 0.05) is 48.2 Å². The molecule has 7 nitrogen and oxygen atoms in total. The predicted octanol–water partition coefficient (Wildman–Crippen LogP) is 4.37. The number of hydrogen-bond donors (Lipinski definition) is 3. The van der Waals surface area contributed by atoms with Crippen molar-refractivity contribution in [3.63, 3.8) is 0 Å². The number of halogens is 3. The van der Waals surface area contributed by atoms with Crippen molar-refractivity contribution in [1.29, 1.82) is 0 Å². The molecule has 1 amide bonds. The number of nitrogens with zero attached hydrogens (tertiary/aromatic N) is 3. The molecule has 0 bridgehead atoms. The maximum Gasteiger partial charge on any atom is 0.419 e. The number of carbonyl (C=O) groups excluding carboxylic acids is 1. The van der Waals surface area contributed by atoms with Gasteiger partial charge in [-0.3, -0.25) is 4.79 Å². The average Bonchev–Trinajstić information content (AvgIpc) is 3.51. The van der Waals surface area contributed by atoms with Crippen LogP contribution in [0.15, 0.2) is 12.4 Å². The molecule has 2 aliphatic heterocycles. The molecule has 2 aromatic heterocycles. The third-order valence-electron chi connectivity index (χ3n) is 7.29. The highest BCUT2D eigenvalue weighted by atomic mass is 19.4. The molecule has 2 aromatic rings. The van der Waals surface area contributed by atoms with Crippen molar-refractivity contribution >= 4 is 11.9 Å². The van der Waals surface area contributed by atoms with Crippen molar-refractivity contribution in [3.8, 4) is 11.3 Å². The second kappa shape index (κ2) is 8.25. The topological polar surface area (TPSA) is 85.9 Å². The van der Waals surface area contributed by atoms with Crippen LogP contribution in [0.25, 0.3) is 11.3 Å². The first kappa shape index (κ1) is 23.1. The number of nitrogens with one attached hydrogen (secondary N) is 3. The van der Waals surface area contributed by atoms with Crippen LogP contribution in [-0.4, -0.2) is 56.0 Å². The molecule has 0 radical (unpaired) electrons. The summed E-state index contributed by atoms with van der Waals surface area (Å²) in [6, 6.07) is 0.298. The summed E-state index contributed by atoms with van der Waals surface area (Å²) in [7, 11) is 0. The minimum atomic E-state index is -4.61. The van der Waals surface area contributed by atoms with Gasteiger partial charge in [-0.1, -0.05) is 0 Å². The molecule has 5 rings (SSSR count). The Kier molecular flexibility index (Phi) is 5.61. The van der Waals surface area contributed by atoms with E-state index in [9.17, 15) is 18.0 Å². The lowest BCUT2D eigenvalue weighted by atomic mass is 9.91. The minimum Gasteiger partial charge on any atom is -0.356 e. The van der Waals surface area contributed by atoms with Gasteiger partial charge in [-0.15, -0.1) is 0 Å². The van der Waals surface area contributed by atoms with Crippen molar-refractivity contribution in [2.45, 2.75) is 89.1 Å². The lowest BCUT2D eigenvalue weighted by Gasteiger charge is -2.36. The van der Waals surface area contributed by atoms with E-state index < -0.39 is 11.7 Å². The number of H-pyrrole nitrogens is 1. The first-order chi connectivity index (χ1) is 16.0. The lowest BCUT2D eigenvalue weighted by molar-refractivity contribution is -0.137. The molecule has 3 N–H and O–H groups in total. The Balaban J connectivity index is 1.50. The van der Waals surface area contributed by atoms with Gasteiger partial charge < -0.3 is 20.5 Å². The molecule has 2 atom stereocenters. The summed E-state index contributed by atoms with van der Waals surface area (Å²) >= 11 is 0. The van der Waals surface area contributed by atoms with Gasteiger partial charge in [-0.05, 0) is 64.9 Å². The largest absolute Gasteiger partial charge is 0.419 e. The Labute approximate surface area is 196 Å². The number of carbonyl (C=O) groups is 1. The monoisotopic (exact) mass is 476 g/mol. The van der Waals surface area contributed by atoms with Crippen molar-refractivity contribution in [1.82, 2.24) is 25.2 Å². The molecule has 184 valence electrons. The fourth-order valence-electron chi connectivity index (χ4n) is 5.11. The zero-order chi connectivity index (χ0) is 24.3. The first-order valence-corrected chi connectivity index (χ1v) is 12.0. The second-order valence-electron chi connectivity index (χ2n) is 10.5. The van der Waals surface area contributed by atoms with Crippen LogP contribution in [0, 0.1) is 0 Å². The third-order valence-corrected chi connectivity index (χ3v) is 7.29. The maximum absolute atomic E-state index is 13.9. The highest BCUT2D eigenvalue weighted by molar-refractivity contribution is 5.97. The predicted molar refractivity (Wildman–Crippen MR) is 123 cm³/mol. The molecular formula is C24H31F3N6O. The van der Waals surface area contributed by atoms with Gasteiger partial charge in [0.15, 0.2) is 0 Å². The second-order valence-corrected chi connectivity index (χ2v) is 10.5. The van der Waals surface area contributed by atoms with Crippen LogP contribution in [0.5, 0.6) is 0 Å². The van der Waals surface area contributed by atoms with E-state index in [0.29, 0.717) is 36.2 Å². The summed E-state index contributed by atoms with van der Waals surface area (Å²) in [5.74, 6) is 0.0305. The van der Waals surface area contributed by atoms with Gasteiger partial charge >= 0.3 is 6.18 Å². The number of hydrogen-bond acceptors (Lipinski definition) is 5. The van der Waals surface area contributed by atoms with Gasteiger partial charge in [0.25, 0.3) is 5.91 Å². The van der Waals surface area contributed by atoms with Crippen LogP contribution in [0.3, 0.4) is 0 Å². The molecule has 34 heavy (non-hydrogen) atoms. The van der Waals surface area contributed by atoms with E-state index in [-0.39, 0.29) is 41.2 Å². The Morgan fingerprint density at radius 2 is 1.97 bits per heavy atom. The fraction of sp³-hybridized carbons (Fsp3) is 0.625. The van der Waals surface area contributed by atoms with E-state index in [1.54, 1.807) is 0 Å². The standard InChI is InChI=1S/C24H31F3N6O/c1-13-4-7-16-17(11-28-20(16)21(34)33(13)15-5-6-15)19-18(24(25,26)27)12-29-22(32-19)31-14-8-9-23(2,3)30-10-14/h11-15,28,30H,4-10H2,1-3H3,(H,29,31,32)/t13-,14+/m1/s1. The molecule has 0 aromatic carbocycles. The summed E-state index contributed by atoms with van der Waals surface area (Å²) in [6.07, 6.45) is 2.69. The molecule has 1 aliphatic carbocycles. The van der Waals surface area contributed by atoms with Gasteiger partial charge in [0.2, 0.25) is 5.95 Å². The number of alkyl halides is 3. The van der Waals surface area contributed by atoms with E-state index in [0.717, 1.165) is 31.9 Å². The van der Waals surface area contributed by atoms with Gasteiger partial charge in [0.1, 0.15) is 11.3 Å². The normalized spacial score (nSPS) is 25.1. The van der Waals surface area contributed by atoms with E-state index in [1.807, 2.05) is 11.8 Å². The van der Waals surface area contributed by atoms with Crippen LogP contribution in [0.2, 0.25) is 0 Å². The molecular weight excluding hydrogens is 445 g/mol. The molecule has 10 heteroatoms. The maximum atomic E-state index is 13.9. The number of aromatic amines is 1. The van der Waals surface area contributed by atoms with E-state index in [2.05, 4.69) is 39.4 Å². The number of piperidine rings is 1. The van der Waals surface area contributed by atoms with Crippen molar-refractivity contribution in [2.24, 2.45) is 0 Å². The molecule has 1 saturated heterocycles. The van der Waals surface area contributed by atoms with Crippen LogP contribution in [0.4, 0.5) is 19.1 Å². The van der Waals surface area contributed by atoms with Crippen LogP contribution in [-0.2, 0) is 12.6 Å². The molecule has 1 saturated carbocycles. The van der Waals surface area contributed by atoms with Gasteiger partial charge in [-0.2, -0.15) is 13.2 Å². The number of rotatable bonds is 4. The number of anilines is 1. The van der Waals surface area contributed by atoms with Crippen LogP contribution < -0.4 is 10.6 Å². The lowest BCUT2D eigenvalue weighted by Crippen LogP contribution is -2.50. The number of fused-ring (bicyclic) bond motifs is 1. The highest BCUT2D eigenvalue weighted by Crippen LogP contribution is 2.41. The number of amides is 1. The van der Waals surface area contributed by atoms with E-state index in [1.165, 1.54) is 6.20 Å². The van der Waals surface area contributed by atoms with E-state index >= 15 is 0 Å². The molecule has 2 fully saturated rings. The summed E-state index contributed by atoms with van der Waals surface area (Å²) in [5.41, 5.74) is 0.264. The third kappa shape index (κ3) is 4.39. The van der Waals surface area contributed by atoms with E-state index in [4.69, 9.17) is 0 Å². The zero-order valence-corrected chi connectivity index (χ0v) is 19.7. The van der Waals surface area contributed by atoms with Gasteiger partial charge in [0.05, 0.1) is 5.69 Å². The smallest absolute Gasteiger partial charge is 0.356 e. The molecule has 4 heterocycles. The number of aromatic nitrogens is 3. The molecule has 3 aliphatic rings. The summed E-state index contributed by atoms with van der Waals surface area (Å²) in [4.78, 5) is 26.5. The highest BCUT2D eigenvalue weighted by Gasteiger charge is 2.41. The molecule has 0 spiro atoms. The van der Waals surface area contributed by atoms with Crippen molar-refractivity contribution in [2.75, 3.05) is 11.9 Å². The van der Waals surface area contributed by atoms with Crippen molar-refractivity contribution < 1.29 is 18.0 Å². The van der Waals surface area contributed by atoms with Crippen LogP contribution in [0.1, 0.15) is 74.5 Å². The first-order valence-electron chi connectivity index (χ1n) is 12.0. The minimum absolute atomic E-state index is 0.0236. The Morgan fingerprint density at radius 3 is 2.62 bits per heavy atom. The SMILES string of the molecule is C[C@@H]1CCc2c(-c3nc(N[C@H]4CCC(C)(C)NC4)ncc3C(F)(F)F)c[nH]c2C(=O)N1C1CC1. The summed E-state index contributed by atoms with van der Waals surface area (Å²) in [5, 5.41) is 6.64.